The zero-order chi connectivity index (χ0) is 14.7. The molecule has 1 atom stereocenters. The van der Waals surface area contributed by atoms with E-state index in [4.69, 9.17) is 5.73 Å². The zero-order valence-corrected chi connectivity index (χ0v) is 12.2. The standard InChI is InChI=1S/C14H20F3NS/c1-13(2,3)19-12-7-5-4-6-10(12)11(18)8-9-14(15,16)17/h4-7,11H,8-9,18H2,1-3H3/t11-/m1/s1. The Bertz CT molecular complexity index is 410. The second kappa shape index (κ2) is 6.18. The van der Waals surface area contributed by atoms with Crippen molar-refractivity contribution < 1.29 is 13.2 Å². The Morgan fingerprint density at radius 1 is 1.16 bits per heavy atom. The van der Waals surface area contributed by atoms with Gasteiger partial charge in [-0.2, -0.15) is 13.2 Å². The lowest BCUT2D eigenvalue weighted by Gasteiger charge is -2.22. The second-order valence-electron chi connectivity index (χ2n) is 5.51. The average Bonchev–Trinajstić information content (AvgIpc) is 2.23. The quantitative estimate of drug-likeness (QED) is 0.797. The van der Waals surface area contributed by atoms with Crippen molar-refractivity contribution in [3.8, 4) is 0 Å². The molecule has 0 aliphatic carbocycles. The van der Waals surface area contributed by atoms with Crippen molar-refractivity contribution in [1.82, 2.24) is 0 Å². The van der Waals surface area contributed by atoms with Crippen LogP contribution in [0.3, 0.4) is 0 Å². The highest BCUT2D eigenvalue weighted by molar-refractivity contribution is 8.00. The predicted molar refractivity (Wildman–Crippen MR) is 74.3 cm³/mol. The van der Waals surface area contributed by atoms with Crippen LogP contribution in [0.4, 0.5) is 13.2 Å². The van der Waals surface area contributed by atoms with Crippen molar-refractivity contribution in [2.45, 2.75) is 55.5 Å². The van der Waals surface area contributed by atoms with Crippen LogP contribution in [0, 0.1) is 0 Å². The molecule has 0 saturated carbocycles. The third kappa shape index (κ3) is 6.34. The lowest BCUT2D eigenvalue weighted by molar-refractivity contribution is -0.136. The highest BCUT2D eigenvalue weighted by atomic mass is 32.2. The zero-order valence-electron chi connectivity index (χ0n) is 11.4. The first-order chi connectivity index (χ1) is 8.58. The van der Waals surface area contributed by atoms with E-state index in [0.29, 0.717) is 0 Å². The maximum atomic E-state index is 12.2. The van der Waals surface area contributed by atoms with Gasteiger partial charge in [0, 0.05) is 22.1 Å². The predicted octanol–water partition coefficient (Wildman–Crippen LogP) is 4.92. The van der Waals surface area contributed by atoms with Gasteiger partial charge in [0.2, 0.25) is 0 Å². The van der Waals surface area contributed by atoms with Crippen LogP contribution in [0.25, 0.3) is 0 Å². The third-order valence-corrected chi connectivity index (χ3v) is 3.68. The van der Waals surface area contributed by atoms with Gasteiger partial charge in [-0.1, -0.05) is 39.0 Å². The van der Waals surface area contributed by atoms with E-state index in [-0.39, 0.29) is 11.2 Å². The molecule has 0 aliphatic rings. The second-order valence-corrected chi connectivity index (χ2v) is 7.38. The monoisotopic (exact) mass is 291 g/mol. The number of nitrogens with two attached hydrogens (primary N) is 1. The first kappa shape index (κ1) is 16.4. The van der Waals surface area contributed by atoms with E-state index in [1.54, 1.807) is 11.8 Å². The van der Waals surface area contributed by atoms with Gasteiger partial charge in [0.15, 0.2) is 0 Å². The minimum absolute atomic E-state index is 0.000148. The lowest BCUT2D eigenvalue weighted by atomic mass is 10.0. The fourth-order valence-electron chi connectivity index (χ4n) is 1.68. The molecule has 0 aliphatic heterocycles. The van der Waals surface area contributed by atoms with E-state index in [9.17, 15) is 13.2 Å². The number of thioether (sulfide) groups is 1. The van der Waals surface area contributed by atoms with Gasteiger partial charge in [-0.15, -0.1) is 11.8 Å². The van der Waals surface area contributed by atoms with Crippen LogP contribution in [0.15, 0.2) is 29.2 Å². The summed E-state index contributed by atoms with van der Waals surface area (Å²) in [4.78, 5) is 0.963. The van der Waals surface area contributed by atoms with Crippen LogP contribution in [-0.4, -0.2) is 10.9 Å². The summed E-state index contributed by atoms with van der Waals surface area (Å²) in [7, 11) is 0. The molecule has 0 radical (unpaired) electrons. The van der Waals surface area contributed by atoms with Crippen LogP contribution in [0.2, 0.25) is 0 Å². The van der Waals surface area contributed by atoms with E-state index in [2.05, 4.69) is 20.8 Å². The van der Waals surface area contributed by atoms with Gasteiger partial charge in [0.1, 0.15) is 0 Å². The molecule has 2 N–H and O–H groups in total. The van der Waals surface area contributed by atoms with Gasteiger partial charge in [-0.05, 0) is 18.1 Å². The molecular weight excluding hydrogens is 271 g/mol. The van der Waals surface area contributed by atoms with Crippen LogP contribution in [0.1, 0.15) is 45.2 Å². The Labute approximate surface area is 116 Å². The summed E-state index contributed by atoms with van der Waals surface area (Å²) in [5.74, 6) is 0. The normalized spacial score (nSPS) is 14.5. The molecule has 0 unspecified atom stereocenters. The number of halogens is 3. The van der Waals surface area contributed by atoms with Crippen molar-refractivity contribution in [1.29, 1.82) is 0 Å². The van der Waals surface area contributed by atoms with E-state index in [0.717, 1.165) is 10.5 Å². The van der Waals surface area contributed by atoms with Crippen LogP contribution in [0.5, 0.6) is 0 Å². The number of hydrogen-bond acceptors (Lipinski definition) is 2. The minimum Gasteiger partial charge on any atom is -0.324 e. The fourth-order valence-corrected chi connectivity index (χ4v) is 2.83. The van der Waals surface area contributed by atoms with E-state index in [1.807, 2.05) is 24.3 Å². The van der Waals surface area contributed by atoms with Crippen molar-refractivity contribution >= 4 is 11.8 Å². The van der Waals surface area contributed by atoms with E-state index in [1.165, 1.54) is 0 Å². The maximum absolute atomic E-state index is 12.2. The summed E-state index contributed by atoms with van der Waals surface area (Å²) in [6, 6.07) is 6.85. The minimum atomic E-state index is -4.15. The van der Waals surface area contributed by atoms with E-state index < -0.39 is 18.6 Å². The summed E-state index contributed by atoms with van der Waals surface area (Å²) < 4.78 is 36.7. The molecule has 19 heavy (non-hydrogen) atoms. The fraction of sp³-hybridized carbons (Fsp3) is 0.571. The largest absolute Gasteiger partial charge is 0.389 e. The Morgan fingerprint density at radius 2 is 1.74 bits per heavy atom. The SMILES string of the molecule is CC(C)(C)Sc1ccccc1[C@H](N)CCC(F)(F)F. The highest BCUT2D eigenvalue weighted by Gasteiger charge is 2.28. The number of rotatable bonds is 4. The molecule has 1 aromatic carbocycles. The lowest BCUT2D eigenvalue weighted by Crippen LogP contribution is -2.17. The summed E-state index contributed by atoms with van der Waals surface area (Å²) in [5.41, 5.74) is 6.71. The Hall–Kier alpha value is -0.680. The summed E-state index contributed by atoms with van der Waals surface area (Å²) >= 11 is 1.63. The Balaban J connectivity index is 2.82. The van der Waals surface area contributed by atoms with E-state index >= 15 is 0 Å². The first-order valence-electron chi connectivity index (χ1n) is 6.19. The Kier molecular flexibility index (Phi) is 5.33. The molecule has 0 bridgehead atoms. The van der Waals surface area contributed by atoms with Gasteiger partial charge in [0.25, 0.3) is 0 Å². The number of alkyl halides is 3. The van der Waals surface area contributed by atoms with Gasteiger partial charge < -0.3 is 5.73 Å². The van der Waals surface area contributed by atoms with Crippen LogP contribution in [-0.2, 0) is 0 Å². The molecule has 1 rings (SSSR count). The molecule has 0 spiro atoms. The molecule has 108 valence electrons. The molecule has 5 heteroatoms. The molecule has 0 aromatic heterocycles. The van der Waals surface area contributed by atoms with Crippen molar-refractivity contribution in [2.75, 3.05) is 0 Å². The van der Waals surface area contributed by atoms with Crippen molar-refractivity contribution in [3.63, 3.8) is 0 Å². The maximum Gasteiger partial charge on any atom is 0.389 e. The van der Waals surface area contributed by atoms with Gasteiger partial charge in [-0.3, -0.25) is 0 Å². The molecule has 1 aromatic rings. The summed E-state index contributed by atoms with van der Waals surface area (Å²) in [6.45, 7) is 6.20. The van der Waals surface area contributed by atoms with Gasteiger partial charge in [0.05, 0.1) is 0 Å². The van der Waals surface area contributed by atoms with Crippen molar-refractivity contribution in [3.05, 3.63) is 29.8 Å². The molecular formula is C14H20F3NS. The topological polar surface area (TPSA) is 26.0 Å². The van der Waals surface area contributed by atoms with Crippen LogP contribution < -0.4 is 5.73 Å². The molecule has 0 amide bonds. The molecule has 0 saturated heterocycles. The molecule has 0 heterocycles. The summed E-state index contributed by atoms with van der Waals surface area (Å²) in [6.07, 6.45) is -5.07. The smallest absolute Gasteiger partial charge is 0.324 e. The van der Waals surface area contributed by atoms with Crippen molar-refractivity contribution in [2.24, 2.45) is 5.73 Å². The Morgan fingerprint density at radius 3 is 2.26 bits per heavy atom. The van der Waals surface area contributed by atoms with Crippen LogP contribution >= 0.6 is 11.8 Å². The first-order valence-corrected chi connectivity index (χ1v) is 7.00. The molecule has 0 fully saturated rings. The molecule has 1 nitrogen and oxygen atoms in total. The number of hydrogen-bond donors (Lipinski definition) is 1. The average molecular weight is 291 g/mol. The number of benzene rings is 1. The summed E-state index contributed by atoms with van der Waals surface area (Å²) in [5, 5.41) is 0. The van der Waals surface area contributed by atoms with Gasteiger partial charge >= 0.3 is 6.18 Å². The third-order valence-electron chi connectivity index (χ3n) is 2.47. The highest BCUT2D eigenvalue weighted by Crippen LogP contribution is 2.37. The van der Waals surface area contributed by atoms with Gasteiger partial charge in [-0.25, -0.2) is 0 Å².